The zero-order valence-corrected chi connectivity index (χ0v) is 13.1. The molecule has 3 aromatic rings. The van der Waals surface area contributed by atoms with E-state index >= 15 is 0 Å². The fourth-order valence-corrected chi connectivity index (χ4v) is 3.33. The molecular weight excluding hydrogens is 310 g/mol. The molecule has 0 aliphatic carbocycles. The summed E-state index contributed by atoms with van der Waals surface area (Å²) in [4.78, 5) is 15.5. The molecule has 2 aromatic carbocycles. The number of alkyl halides is 2. The number of aromatic amines is 1. The van der Waals surface area contributed by atoms with Gasteiger partial charge in [-0.15, -0.1) is 0 Å². The number of rotatable bonds is 2. The molecular formula is C19H16F2N2O. The van der Waals surface area contributed by atoms with E-state index in [1.54, 1.807) is 12.1 Å². The molecule has 2 N–H and O–H groups in total. The van der Waals surface area contributed by atoms with Gasteiger partial charge in [-0.1, -0.05) is 30.3 Å². The minimum atomic E-state index is -2.85. The van der Waals surface area contributed by atoms with Crippen LogP contribution in [0.2, 0.25) is 0 Å². The molecule has 1 amide bonds. The van der Waals surface area contributed by atoms with Crippen molar-refractivity contribution in [2.75, 3.05) is 6.54 Å². The molecule has 0 saturated heterocycles. The molecule has 5 heteroatoms. The highest BCUT2D eigenvalue weighted by molar-refractivity contribution is 6.10. The van der Waals surface area contributed by atoms with Gasteiger partial charge in [-0.3, -0.25) is 4.79 Å². The average Bonchev–Trinajstić information content (AvgIpc) is 2.83. The topological polar surface area (TPSA) is 44.9 Å². The van der Waals surface area contributed by atoms with E-state index in [9.17, 15) is 13.6 Å². The Labute approximate surface area is 137 Å². The van der Waals surface area contributed by atoms with Gasteiger partial charge in [-0.25, -0.2) is 8.78 Å². The summed E-state index contributed by atoms with van der Waals surface area (Å²) in [5.74, 6) is -2.93. The van der Waals surface area contributed by atoms with Crippen LogP contribution in [-0.4, -0.2) is 17.4 Å². The fraction of sp³-hybridized carbons (Fsp3) is 0.211. The Morgan fingerprint density at radius 2 is 1.83 bits per heavy atom. The Kier molecular flexibility index (Phi) is 3.20. The van der Waals surface area contributed by atoms with Gasteiger partial charge in [-0.2, -0.15) is 0 Å². The minimum absolute atomic E-state index is 0.00855. The lowest BCUT2D eigenvalue weighted by Gasteiger charge is -2.11. The van der Waals surface area contributed by atoms with Gasteiger partial charge >= 0.3 is 0 Å². The maximum absolute atomic E-state index is 13.4. The predicted molar refractivity (Wildman–Crippen MR) is 89.3 cm³/mol. The Hall–Kier alpha value is -2.69. The van der Waals surface area contributed by atoms with Crippen LogP contribution in [0.15, 0.2) is 42.5 Å². The van der Waals surface area contributed by atoms with E-state index in [2.05, 4.69) is 10.3 Å². The van der Waals surface area contributed by atoms with Crippen LogP contribution >= 0.6 is 0 Å². The maximum atomic E-state index is 13.4. The van der Waals surface area contributed by atoms with Gasteiger partial charge in [0.25, 0.3) is 11.8 Å². The summed E-state index contributed by atoms with van der Waals surface area (Å²) in [6.45, 7) is 1.45. The van der Waals surface area contributed by atoms with Gasteiger partial charge in [-0.05, 0) is 29.7 Å². The van der Waals surface area contributed by atoms with Crippen molar-refractivity contribution in [2.45, 2.75) is 19.3 Å². The van der Waals surface area contributed by atoms with Crippen LogP contribution in [0, 0.1) is 0 Å². The van der Waals surface area contributed by atoms with Crippen LogP contribution < -0.4 is 5.32 Å². The van der Waals surface area contributed by atoms with Crippen LogP contribution in [0.4, 0.5) is 8.78 Å². The van der Waals surface area contributed by atoms with Crippen molar-refractivity contribution >= 4 is 16.8 Å². The highest BCUT2D eigenvalue weighted by Gasteiger charge is 2.25. The van der Waals surface area contributed by atoms with Gasteiger partial charge < -0.3 is 10.3 Å². The third-order valence-electron chi connectivity index (χ3n) is 4.51. The molecule has 0 radical (unpaired) electrons. The van der Waals surface area contributed by atoms with Crippen molar-refractivity contribution in [2.24, 2.45) is 0 Å². The lowest BCUT2D eigenvalue weighted by molar-refractivity contribution is 0.0175. The molecule has 0 unspecified atom stereocenters. The molecule has 0 saturated carbocycles. The zero-order valence-electron chi connectivity index (χ0n) is 13.1. The second-order valence-corrected chi connectivity index (χ2v) is 6.18. The van der Waals surface area contributed by atoms with Gasteiger partial charge in [0.2, 0.25) is 0 Å². The highest BCUT2D eigenvalue weighted by atomic mass is 19.3. The summed E-state index contributed by atoms with van der Waals surface area (Å²) in [5, 5.41) is 3.82. The number of benzene rings is 2. The van der Waals surface area contributed by atoms with E-state index in [4.69, 9.17) is 0 Å². The molecule has 2 heterocycles. The summed E-state index contributed by atoms with van der Waals surface area (Å²) in [5.41, 5.74) is 4.31. The van der Waals surface area contributed by atoms with Crippen molar-refractivity contribution in [3.63, 3.8) is 0 Å². The number of hydrogen-bond donors (Lipinski definition) is 2. The first-order chi connectivity index (χ1) is 11.4. The van der Waals surface area contributed by atoms with E-state index in [0.29, 0.717) is 18.5 Å². The molecule has 122 valence electrons. The van der Waals surface area contributed by atoms with Crippen molar-refractivity contribution in [3.05, 3.63) is 59.2 Å². The summed E-state index contributed by atoms with van der Waals surface area (Å²) < 4.78 is 26.8. The van der Waals surface area contributed by atoms with E-state index in [1.807, 2.05) is 18.2 Å². The van der Waals surface area contributed by atoms with E-state index in [0.717, 1.165) is 34.6 Å². The largest absolute Gasteiger partial charge is 0.354 e. The smallest absolute Gasteiger partial charge is 0.270 e. The summed E-state index contributed by atoms with van der Waals surface area (Å²) in [6.07, 6.45) is 0.698. The number of aromatic nitrogens is 1. The Morgan fingerprint density at radius 3 is 2.54 bits per heavy atom. The van der Waals surface area contributed by atoms with E-state index in [-0.39, 0.29) is 11.5 Å². The van der Waals surface area contributed by atoms with Crippen LogP contribution in [0.1, 0.15) is 28.4 Å². The van der Waals surface area contributed by atoms with Crippen LogP contribution in [0.5, 0.6) is 0 Å². The molecule has 0 bridgehead atoms. The monoisotopic (exact) mass is 326 g/mol. The Balaban J connectivity index is 1.90. The molecule has 3 nitrogen and oxygen atoms in total. The first-order valence-electron chi connectivity index (χ1n) is 7.85. The molecule has 1 aromatic heterocycles. The molecule has 24 heavy (non-hydrogen) atoms. The van der Waals surface area contributed by atoms with E-state index in [1.165, 1.54) is 12.1 Å². The first kappa shape index (κ1) is 14.9. The van der Waals surface area contributed by atoms with Crippen LogP contribution in [-0.2, 0) is 12.3 Å². The van der Waals surface area contributed by atoms with E-state index < -0.39 is 5.92 Å². The van der Waals surface area contributed by atoms with Gasteiger partial charge in [0.15, 0.2) is 0 Å². The molecule has 0 atom stereocenters. The first-order valence-corrected chi connectivity index (χ1v) is 7.85. The fourth-order valence-electron chi connectivity index (χ4n) is 3.33. The lowest BCUT2D eigenvalue weighted by atomic mass is 9.99. The Bertz CT molecular complexity index is 936. The SMILES string of the molecule is CC(F)(F)c1ccc(-c2[nH]c3cccc4c3c2CCNC4=O)cc1. The Morgan fingerprint density at radius 1 is 1.08 bits per heavy atom. The summed E-state index contributed by atoms with van der Waals surface area (Å²) in [7, 11) is 0. The summed E-state index contributed by atoms with van der Waals surface area (Å²) in [6, 6.07) is 11.9. The number of hydrogen-bond acceptors (Lipinski definition) is 1. The van der Waals surface area contributed by atoms with Crippen molar-refractivity contribution in [3.8, 4) is 11.3 Å². The number of halogens is 2. The standard InChI is InChI=1S/C19H16F2N2O/c1-19(20,21)12-7-5-11(6-8-12)17-13-9-10-22-18(24)14-3-2-4-15(23-17)16(13)14/h2-8,23H,9-10H2,1H3,(H,22,24). The molecule has 0 fully saturated rings. The number of H-pyrrole nitrogens is 1. The van der Waals surface area contributed by atoms with Crippen LogP contribution in [0.25, 0.3) is 22.2 Å². The average molecular weight is 326 g/mol. The van der Waals surface area contributed by atoms with Gasteiger partial charge in [0.1, 0.15) is 0 Å². The molecule has 0 spiro atoms. The molecule has 1 aliphatic heterocycles. The second kappa shape index (κ2) is 5.16. The molecule has 1 aliphatic rings. The van der Waals surface area contributed by atoms with Crippen LogP contribution in [0.3, 0.4) is 0 Å². The summed E-state index contributed by atoms with van der Waals surface area (Å²) >= 11 is 0. The molecule has 4 rings (SSSR count). The van der Waals surface area contributed by atoms with Gasteiger partial charge in [0, 0.05) is 41.2 Å². The normalized spacial score (nSPS) is 14.5. The number of amides is 1. The minimum Gasteiger partial charge on any atom is -0.354 e. The second-order valence-electron chi connectivity index (χ2n) is 6.18. The third-order valence-corrected chi connectivity index (χ3v) is 4.51. The predicted octanol–water partition coefficient (Wildman–Crippen LogP) is 4.23. The maximum Gasteiger partial charge on any atom is 0.270 e. The van der Waals surface area contributed by atoms with Gasteiger partial charge in [0.05, 0.1) is 0 Å². The number of nitrogens with one attached hydrogen (secondary N) is 2. The van der Waals surface area contributed by atoms with Crippen molar-refractivity contribution in [1.82, 2.24) is 10.3 Å². The number of carbonyl (C=O) groups is 1. The van der Waals surface area contributed by atoms with Crippen molar-refractivity contribution < 1.29 is 13.6 Å². The van der Waals surface area contributed by atoms with Crippen molar-refractivity contribution in [1.29, 1.82) is 0 Å². The zero-order chi connectivity index (χ0) is 16.9. The lowest BCUT2D eigenvalue weighted by Crippen LogP contribution is -2.23. The quantitative estimate of drug-likeness (QED) is 0.727. The number of carbonyl (C=O) groups excluding carboxylic acids is 1. The third kappa shape index (κ3) is 2.28. The highest BCUT2D eigenvalue weighted by Crippen LogP contribution is 2.35.